The number of carboxylic acid groups (broad SMARTS) is 1. The Morgan fingerprint density at radius 3 is 2.35 bits per heavy atom. The Hall–Kier alpha value is -1.44. The van der Waals surface area contributed by atoms with Crippen LogP contribution in [0.15, 0.2) is 24.3 Å². The Labute approximate surface area is 137 Å². The smallest absolute Gasteiger partial charge is 0.317 e. The SMILES string of the molecule is Cc1ccc(CS(=O)(=O)N2CCC(N(C)CC(=O)O)CC2)cc1. The largest absolute Gasteiger partial charge is 0.480 e. The third-order valence-corrected chi connectivity index (χ3v) is 6.14. The lowest BCUT2D eigenvalue weighted by atomic mass is 10.1. The predicted octanol–water partition coefficient (Wildman–Crippen LogP) is 1.31. The molecule has 1 fully saturated rings. The molecule has 0 radical (unpaired) electrons. The third-order valence-electron chi connectivity index (χ3n) is 4.29. The summed E-state index contributed by atoms with van der Waals surface area (Å²) in [4.78, 5) is 12.5. The molecule has 6 nitrogen and oxygen atoms in total. The first-order valence-corrected chi connectivity index (χ1v) is 9.34. The fourth-order valence-corrected chi connectivity index (χ4v) is 4.45. The molecule has 0 aliphatic carbocycles. The molecule has 1 saturated heterocycles. The van der Waals surface area contributed by atoms with E-state index in [0.717, 1.165) is 11.1 Å². The lowest BCUT2D eigenvalue weighted by Gasteiger charge is -2.35. The Kier molecular flexibility index (Phi) is 5.78. The third kappa shape index (κ3) is 5.02. The molecule has 2 rings (SSSR count). The van der Waals surface area contributed by atoms with Crippen LogP contribution in [0.3, 0.4) is 0 Å². The number of hydrogen-bond donors (Lipinski definition) is 1. The predicted molar refractivity (Wildman–Crippen MR) is 88.7 cm³/mol. The van der Waals surface area contributed by atoms with E-state index in [4.69, 9.17) is 5.11 Å². The second kappa shape index (κ2) is 7.42. The molecule has 1 aliphatic heterocycles. The molecule has 7 heteroatoms. The van der Waals surface area contributed by atoms with Gasteiger partial charge in [0, 0.05) is 19.1 Å². The van der Waals surface area contributed by atoms with Crippen LogP contribution >= 0.6 is 0 Å². The van der Waals surface area contributed by atoms with Crippen LogP contribution < -0.4 is 0 Å². The number of carbonyl (C=O) groups is 1. The van der Waals surface area contributed by atoms with Crippen molar-refractivity contribution in [3.8, 4) is 0 Å². The minimum Gasteiger partial charge on any atom is -0.480 e. The molecule has 0 saturated carbocycles. The fourth-order valence-electron chi connectivity index (χ4n) is 2.89. The zero-order chi connectivity index (χ0) is 17.0. The summed E-state index contributed by atoms with van der Waals surface area (Å²) in [7, 11) is -1.55. The first kappa shape index (κ1) is 17.9. The van der Waals surface area contributed by atoms with Crippen LogP contribution in [-0.4, -0.2) is 61.4 Å². The van der Waals surface area contributed by atoms with E-state index >= 15 is 0 Å². The first-order chi connectivity index (χ1) is 10.8. The van der Waals surface area contributed by atoms with E-state index in [9.17, 15) is 13.2 Å². The van der Waals surface area contributed by atoms with Crippen molar-refractivity contribution in [2.45, 2.75) is 31.6 Å². The van der Waals surface area contributed by atoms with E-state index < -0.39 is 16.0 Å². The van der Waals surface area contributed by atoms with E-state index in [0.29, 0.717) is 25.9 Å². The molecular weight excluding hydrogens is 316 g/mol. The number of nitrogens with zero attached hydrogens (tertiary/aromatic N) is 2. The molecule has 0 spiro atoms. The van der Waals surface area contributed by atoms with E-state index in [2.05, 4.69) is 0 Å². The highest BCUT2D eigenvalue weighted by Gasteiger charge is 2.30. The molecule has 1 heterocycles. The molecule has 128 valence electrons. The van der Waals surface area contributed by atoms with Gasteiger partial charge in [0.15, 0.2) is 0 Å². The highest BCUT2D eigenvalue weighted by Crippen LogP contribution is 2.20. The van der Waals surface area contributed by atoms with Gasteiger partial charge in [-0.3, -0.25) is 9.69 Å². The number of aryl methyl sites for hydroxylation is 1. The molecule has 0 atom stereocenters. The Balaban J connectivity index is 1.93. The van der Waals surface area contributed by atoms with Crippen molar-refractivity contribution < 1.29 is 18.3 Å². The van der Waals surface area contributed by atoms with Gasteiger partial charge >= 0.3 is 5.97 Å². The number of benzene rings is 1. The van der Waals surface area contributed by atoms with Gasteiger partial charge in [-0.2, -0.15) is 0 Å². The van der Waals surface area contributed by atoms with Gasteiger partial charge in [0.1, 0.15) is 0 Å². The van der Waals surface area contributed by atoms with Gasteiger partial charge in [-0.1, -0.05) is 29.8 Å². The lowest BCUT2D eigenvalue weighted by molar-refractivity contribution is -0.138. The molecule has 1 aromatic rings. The van der Waals surface area contributed by atoms with E-state index in [1.54, 1.807) is 11.9 Å². The van der Waals surface area contributed by atoms with Gasteiger partial charge in [0.05, 0.1) is 12.3 Å². The minimum atomic E-state index is -3.32. The number of aliphatic carboxylic acids is 1. The summed E-state index contributed by atoms with van der Waals surface area (Å²) in [6.07, 6.45) is 1.33. The molecule has 23 heavy (non-hydrogen) atoms. The van der Waals surface area contributed by atoms with Crippen LogP contribution in [0.5, 0.6) is 0 Å². The molecule has 1 aliphatic rings. The Bertz CT molecular complexity index is 635. The standard InChI is InChI=1S/C16H24N2O4S/c1-13-3-5-14(6-4-13)12-23(21,22)18-9-7-15(8-10-18)17(2)11-16(19)20/h3-6,15H,7-12H2,1-2H3,(H,19,20). The van der Waals surface area contributed by atoms with Crippen molar-refractivity contribution in [2.24, 2.45) is 0 Å². The summed E-state index contributed by atoms with van der Waals surface area (Å²) in [6.45, 7) is 2.85. The van der Waals surface area contributed by atoms with Crippen LogP contribution in [0.25, 0.3) is 0 Å². The van der Waals surface area contributed by atoms with Crippen molar-refractivity contribution in [1.82, 2.24) is 9.21 Å². The van der Waals surface area contributed by atoms with Crippen LogP contribution in [0.2, 0.25) is 0 Å². The van der Waals surface area contributed by atoms with Crippen molar-refractivity contribution in [3.05, 3.63) is 35.4 Å². The van der Waals surface area contributed by atoms with Gasteiger partial charge in [-0.25, -0.2) is 12.7 Å². The highest BCUT2D eigenvalue weighted by atomic mass is 32.2. The summed E-state index contributed by atoms with van der Waals surface area (Å²) < 4.78 is 26.6. The average Bonchev–Trinajstić information content (AvgIpc) is 2.49. The zero-order valence-electron chi connectivity index (χ0n) is 13.6. The lowest BCUT2D eigenvalue weighted by Crippen LogP contribution is -2.46. The van der Waals surface area contributed by atoms with E-state index in [-0.39, 0.29) is 18.3 Å². The van der Waals surface area contributed by atoms with Gasteiger partial charge in [0.25, 0.3) is 0 Å². The van der Waals surface area contributed by atoms with Gasteiger partial charge < -0.3 is 5.11 Å². The first-order valence-electron chi connectivity index (χ1n) is 7.73. The number of piperidine rings is 1. The number of sulfonamides is 1. The van der Waals surface area contributed by atoms with E-state index in [1.165, 1.54) is 4.31 Å². The maximum Gasteiger partial charge on any atom is 0.317 e. The summed E-state index contributed by atoms with van der Waals surface area (Å²) in [5.41, 5.74) is 1.90. The second-order valence-electron chi connectivity index (χ2n) is 6.18. The fraction of sp³-hybridized carbons (Fsp3) is 0.562. The molecule has 0 amide bonds. The quantitative estimate of drug-likeness (QED) is 0.845. The highest BCUT2D eigenvalue weighted by molar-refractivity contribution is 7.88. The number of likely N-dealkylation sites (N-methyl/N-ethyl adjacent to an activating group) is 1. The summed E-state index contributed by atoms with van der Waals surface area (Å²) in [5, 5.41) is 8.83. The van der Waals surface area contributed by atoms with Gasteiger partial charge in [0.2, 0.25) is 10.0 Å². The van der Waals surface area contributed by atoms with Crippen LogP contribution in [0.4, 0.5) is 0 Å². The summed E-state index contributed by atoms with van der Waals surface area (Å²) in [5.74, 6) is -0.843. The van der Waals surface area contributed by atoms with Crippen molar-refractivity contribution in [1.29, 1.82) is 0 Å². The number of carboxylic acids is 1. The Morgan fingerprint density at radius 1 is 1.26 bits per heavy atom. The van der Waals surface area contributed by atoms with Crippen LogP contribution in [0, 0.1) is 6.92 Å². The van der Waals surface area contributed by atoms with Crippen molar-refractivity contribution in [2.75, 3.05) is 26.7 Å². The monoisotopic (exact) mass is 340 g/mol. The minimum absolute atomic E-state index is 0.0131. The normalized spacial score (nSPS) is 17.5. The molecule has 1 N–H and O–H groups in total. The summed E-state index contributed by atoms with van der Waals surface area (Å²) >= 11 is 0. The maximum absolute atomic E-state index is 12.5. The van der Waals surface area contributed by atoms with Crippen LogP contribution in [-0.2, 0) is 20.6 Å². The second-order valence-corrected chi connectivity index (χ2v) is 8.15. The topological polar surface area (TPSA) is 77.9 Å². The number of hydrogen-bond acceptors (Lipinski definition) is 4. The van der Waals surface area contributed by atoms with Crippen molar-refractivity contribution >= 4 is 16.0 Å². The van der Waals surface area contributed by atoms with Crippen LogP contribution in [0.1, 0.15) is 24.0 Å². The summed E-state index contributed by atoms with van der Waals surface area (Å²) in [6, 6.07) is 7.65. The molecule has 0 aromatic heterocycles. The molecule has 1 aromatic carbocycles. The molecule has 0 bridgehead atoms. The number of rotatable bonds is 6. The zero-order valence-corrected chi connectivity index (χ0v) is 14.4. The van der Waals surface area contributed by atoms with Gasteiger partial charge in [-0.05, 0) is 32.4 Å². The molecular formula is C16H24N2O4S. The Morgan fingerprint density at radius 2 is 1.83 bits per heavy atom. The van der Waals surface area contributed by atoms with E-state index in [1.807, 2.05) is 31.2 Å². The average molecular weight is 340 g/mol. The van der Waals surface area contributed by atoms with Gasteiger partial charge in [-0.15, -0.1) is 0 Å². The molecule has 0 unspecified atom stereocenters. The maximum atomic E-state index is 12.5. The van der Waals surface area contributed by atoms with Crippen molar-refractivity contribution in [3.63, 3.8) is 0 Å².